The fourth-order valence-electron chi connectivity index (χ4n) is 2.59. The third-order valence-electron chi connectivity index (χ3n) is 4.18. The highest BCUT2D eigenvalue weighted by atomic mass is 35.5. The van der Waals surface area contributed by atoms with Crippen molar-refractivity contribution in [3.8, 4) is 11.5 Å². The lowest BCUT2D eigenvalue weighted by molar-refractivity contribution is 0.129. The van der Waals surface area contributed by atoms with Gasteiger partial charge in [0.15, 0.2) is 11.5 Å². The summed E-state index contributed by atoms with van der Waals surface area (Å²) in [5.41, 5.74) is 1.63. The maximum absolute atomic E-state index is 13.7. The molecule has 0 aliphatic heterocycles. The van der Waals surface area contributed by atoms with Gasteiger partial charge in [-0.1, -0.05) is 37.6 Å². The Bertz CT molecular complexity index is 685. The minimum atomic E-state index is -0.268. The molecule has 4 nitrogen and oxygen atoms in total. The van der Waals surface area contributed by atoms with Gasteiger partial charge >= 0.3 is 0 Å². The van der Waals surface area contributed by atoms with E-state index in [0.717, 1.165) is 44.7 Å². The van der Waals surface area contributed by atoms with Crippen LogP contribution in [0.3, 0.4) is 0 Å². The van der Waals surface area contributed by atoms with Gasteiger partial charge < -0.3 is 19.5 Å². The molecule has 0 aliphatic carbocycles. The summed E-state index contributed by atoms with van der Waals surface area (Å²) in [6.07, 6.45) is 3.28. The highest BCUT2D eigenvalue weighted by Gasteiger charge is 2.08. The lowest BCUT2D eigenvalue weighted by atomic mass is 10.2. The minimum Gasteiger partial charge on any atom is -0.493 e. The number of methoxy groups -OCH3 is 1. The Hall–Kier alpha value is -1.82. The van der Waals surface area contributed by atoms with Crippen LogP contribution in [0.5, 0.6) is 11.5 Å². The van der Waals surface area contributed by atoms with E-state index in [2.05, 4.69) is 12.2 Å². The first-order chi connectivity index (χ1) is 13.2. The fourth-order valence-corrected chi connectivity index (χ4v) is 2.59. The molecule has 0 aromatic heterocycles. The zero-order valence-corrected chi connectivity index (χ0v) is 17.5. The Balaban J connectivity index is 0.00000392. The number of hydrogen-bond acceptors (Lipinski definition) is 4. The smallest absolute Gasteiger partial charge is 0.161 e. The third kappa shape index (κ3) is 8.46. The molecule has 0 fully saturated rings. The van der Waals surface area contributed by atoms with Crippen molar-refractivity contribution in [3.05, 3.63) is 59.4 Å². The zero-order valence-electron chi connectivity index (χ0n) is 16.7. The van der Waals surface area contributed by atoms with Crippen molar-refractivity contribution >= 4 is 12.4 Å². The van der Waals surface area contributed by atoms with Crippen molar-refractivity contribution in [2.75, 3.05) is 26.9 Å². The standard InChI is InChI=1S/C22H30FNO3.ClH/c1-3-4-13-26-14-7-12-24-16-18-10-11-21(22(15-18)25-2)27-17-19-8-5-6-9-20(19)23;/h5-6,8-11,15,24H,3-4,7,12-14,16-17H2,1-2H3;1H. The van der Waals surface area contributed by atoms with E-state index in [9.17, 15) is 4.39 Å². The summed E-state index contributed by atoms with van der Waals surface area (Å²) in [6, 6.07) is 12.4. The van der Waals surface area contributed by atoms with E-state index in [-0.39, 0.29) is 24.8 Å². The molecule has 0 saturated carbocycles. The Morgan fingerprint density at radius 1 is 1.00 bits per heavy atom. The number of unbranched alkanes of at least 4 members (excludes halogenated alkanes) is 1. The summed E-state index contributed by atoms with van der Waals surface area (Å²) in [6.45, 7) is 5.62. The first kappa shape index (κ1) is 24.2. The van der Waals surface area contributed by atoms with Gasteiger partial charge in [-0.05, 0) is 43.1 Å². The van der Waals surface area contributed by atoms with Gasteiger partial charge in [-0.25, -0.2) is 4.39 Å². The Kier molecular flexibility index (Phi) is 12.3. The van der Waals surface area contributed by atoms with Gasteiger partial charge in [0.1, 0.15) is 12.4 Å². The van der Waals surface area contributed by atoms with Crippen LogP contribution < -0.4 is 14.8 Å². The molecule has 0 atom stereocenters. The topological polar surface area (TPSA) is 39.7 Å². The van der Waals surface area contributed by atoms with Crippen LogP contribution in [0.15, 0.2) is 42.5 Å². The van der Waals surface area contributed by atoms with Crippen molar-refractivity contribution in [1.82, 2.24) is 5.32 Å². The fraction of sp³-hybridized carbons (Fsp3) is 0.455. The minimum absolute atomic E-state index is 0. The van der Waals surface area contributed by atoms with Crippen LogP contribution in [-0.4, -0.2) is 26.9 Å². The summed E-state index contributed by atoms with van der Waals surface area (Å²) in [5, 5.41) is 3.40. The largest absolute Gasteiger partial charge is 0.493 e. The number of benzene rings is 2. The van der Waals surface area contributed by atoms with E-state index in [4.69, 9.17) is 14.2 Å². The molecule has 2 rings (SSSR count). The number of hydrogen-bond donors (Lipinski definition) is 1. The lowest BCUT2D eigenvalue weighted by Crippen LogP contribution is -2.16. The van der Waals surface area contributed by atoms with Crippen molar-refractivity contribution in [2.45, 2.75) is 39.3 Å². The quantitative estimate of drug-likeness (QED) is 0.464. The molecule has 28 heavy (non-hydrogen) atoms. The second kappa shape index (κ2) is 14.2. The molecule has 0 amide bonds. The van der Waals surface area contributed by atoms with Crippen LogP contribution in [0.25, 0.3) is 0 Å². The van der Waals surface area contributed by atoms with Crippen LogP contribution in [0.2, 0.25) is 0 Å². The molecule has 0 spiro atoms. The average molecular weight is 412 g/mol. The van der Waals surface area contributed by atoms with Crippen molar-refractivity contribution in [3.63, 3.8) is 0 Å². The monoisotopic (exact) mass is 411 g/mol. The van der Waals surface area contributed by atoms with Gasteiger partial charge in [-0.3, -0.25) is 0 Å². The molecule has 0 heterocycles. The molecule has 156 valence electrons. The SMILES string of the molecule is CCCCOCCCNCc1ccc(OCc2ccccc2F)c(OC)c1.Cl. The second-order valence-electron chi connectivity index (χ2n) is 6.36. The van der Waals surface area contributed by atoms with E-state index < -0.39 is 0 Å². The molecular formula is C22H31ClFNO3. The normalized spacial score (nSPS) is 10.4. The summed E-state index contributed by atoms with van der Waals surface area (Å²) >= 11 is 0. The van der Waals surface area contributed by atoms with Gasteiger partial charge in [0.05, 0.1) is 7.11 Å². The molecule has 0 saturated heterocycles. The molecule has 2 aromatic rings. The van der Waals surface area contributed by atoms with E-state index in [1.165, 1.54) is 12.5 Å². The predicted molar refractivity (Wildman–Crippen MR) is 113 cm³/mol. The predicted octanol–water partition coefficient (Wildman–Crippen LogP) is 5.13. The Labute approximate surface area is 173 Å². The molecule has 6 heteroatoms. The summed E-state index contributed by atoms with van der Waals surface area (Å²) in [5.74, 6) is 0.985. The van der Waals surface area contributed by atoms with Gasteiger partial charge in [-0.15, -0.1) is 12.4 Å². The zero-order chi connectivity index (χ0) is 19.3. The van der Waals surface area contributed by atoms with E-state index >= 15 is 0 Å². The first-order valence-corrected chi connectivity index (χ1v) is 9.56. The summed E-state index contributed by atoms with van der Waals surface area (Å²) < 4.78 is 30.4. The van der Waals surface area contributed by atoms with Crippen LogP contribution >= 0.6 is 12.4 Å². The van der Waals surface area contributed by atoms with Gasteiger partial charge in [0.25, 0.3) is 0 Å². The lowest BCUT2D eigenvalue weighted by Gasteiger charge is -2.13. The highest BCUT2D eigenvalue weighted by molar-refractivity contribution is 5.85. The molecule has 0 bridgehead atoms. The van der Waals surface area contributed by atoms with Gasteiger partial charge in [-0.2, -0.15) is 0 Å². The van der Waals surface area contributed by atoms with Gasteiger partial charge in [0, 0.05) is 25.3 Å². The number of halogens is 2. The van der Waals surface area contributed by atoms with Crippen LogP contribution in [0, 0.1) is 5.82 Å². The summed E-state index contributed by atoms with van der Waals surface area (Å²) in [4.78, 5) is 0. The molecule has 2 aromatic carbocycles. The Morgan fingerprint density at radius 3 is 2.54 bits per heavy atom. The highest BCUT2D eigenvalue weighted by Crippen LogP contribution is 2.29. The van der Waals surface area contributed by atoms with Crippen molar-refractivity contribution < 1.29 is 18.6 Å². The van der Waals surface area contributed by atoms with Crippen LogP contribution in [0.4, 0.5) is 4.39 Å². The second-order valence-corrected chi connectivity index (χ2v) is 6.36. The van der Waals surface area contributed by atoms with Crippen molar-refractivity contribution in [2.24, 2.45) is 0 Å². The van der Waals surface area contributed by atoms with E-state index in [1.54, 1.807) is 25.3 Å². The third-order valence-corrected chi connectivity index (χ3v) is 4.18. The van der Waals surface area contributed by atoms with Crippen LogP contribution in [-0.2, 0) is 17.9 Å². The molecule has 1 N–H and O–H groups in total. The van der Waals surface area contributed by atoms with Crippen molar-refractivity contribution in [1.29, 1.82) is 0 Å². The number of ether oxygens (including phenoxy) is 3. The Morgan fingerprint density at radius 2 is 1.79 bits per heavy atom. The molecule has 0 unspecified atom stereocenters. The van der Waals surface area contributed by atoms with E-state index in [1.807, 2.05) is 18.2 Å². The molecular weight excluding hydrogens is 381 g/mol. The van der Waals surface area contributed by atoms with Gasteiger partial charge in [0.2, 0.25) is 0 Å². The average Bonchev–Trinajstić information content (AvgIpc) is 2.69. The van der Waals surface area contributed by atoms with E-state index in [0.29, 0.717) is 17.1 Å². The maximum atomic E-state index is 13.7. The van der Waals surface area contributed by atoms with Crippen LogP contribution in [0.1, 0.15) is 37.3 Å². The number of nitrogens with one attached hydrogen (secondary N) is 1. The molecule has 0 radical (unpaired) electrons. The molecule has 0 aliphatic rings. The number of rotatable bonds is 13. The maximum Gasteiger partial charge on any atom is 0.161 e. The first-order valence-electron chi connectivity index (χ1n) is 9.56. The summed E-state index contributed by atoms with van der Waals surface area (Å²) in [7, 11) is 1.61.